The Labute approximate surface area is 157 Å². The molecule has 0 N–H and O–H groups in total. The van der Waals surface area contributed by atoms with Crippen molar-refractivity contribution in [2.75, 3.05) is 4.90 Å². The number of hydrogen-bond donors (Lipinski definition) is 0. The van der Waals surface area contributed by atoms with Crippen molar-refractivity contribution in [1.82, 2.24) is 0 Å². The first kappa shape index (κ1) is 16.9. The fraction of sp³-hybridized carbons (Fsp3) is 0.280. The Balaban J connectivity index is 1.76. The number of nitrogens with zero attached hydrogens (tertiary/aromatic N) is 1. The van der Waals surface area contributed by atoms with Gasteiger partial charge >= 0.3 is 0 Å². The summed E-state index contributed by atoms with van der Waals surface area (Å²) in [7, 11) is 0. The monoisotopic (exact) mass is 341 g/mol. The van der Waals surface area contributed by atoms with Crippen LogP contribution in [-0.2, 0) is 0 Å². The van der Waals surface area contributed by atoms with E-state index in [-0.39, 0.29) is 5.41 Å². The molecule has 1 nitrogen and oxygen atoms in total. The topological polar surface area (TPSA) is 3.24 Å². The minimum atomic E-state index is 0.254. The summed E-state index contributed by atoms with van der Waals surface area (Å²) in [5.41, 5.74) is 6.73. The van der Waals surface area contributed by atoms with Crippen molar-refractivity contribution in [3.8, 4) is 0 Å². The SMILES string of the molecule is Cc1ccc(N(C2=CC[C@@]3(C)C=CC=CC3C2)c2ccc(C)cc2)cc1. The van der Waals surface area contributed by atoms with E-state index in [1.165, 1.54) is 28.2 Å². The molecule has 0 aliphatic heterocycles. The molecule has 132 valence electrons. The molecule has 26 heavy (non-hydrogen) atoms. The van der Waals surface area contributed by atoms with E-state index in [1.54, 1.807) is 0 Å². The third-order valence-electron chi connectivity index (χ3n) is 5.86. The summed E-state index contributed by atoms with van der Waals surface area (Å²) in [4.78, 5) is 2.44. The van der Waals surface area contributed by atoms with Crippen LogP contribution < -0.4 is 4.90 Å². The summed E-state index contributed by atoms with van der Waals surface area (Å²) < 4.78 is 0. The van der Waals surface area contributed by atoms with Crippen molar-refractivity contribution in [2.45, 2.75) is 33.6 Å². The van der Waals surface area contributed by atoms with Crippen LogP contribution in [0, 0.1) is 25.2 Å². The van der Waals surface area contributed by atoms with Crippen LogP contribution >= 0.6 is 0 Å². The van der Waals surface area contributed by atoms with Gasteiger partial charge in [-0.1, -0.05) is 72.7 Å². The number of rotatable bonds is 3. The molecule has 0 bridgehead atoms. The van der Waals surface area contributed by atoms with Crippen LogP contribution in [0.1, 0.15) is 30.9 Å². The highest BCUT2D eigenvalue weighted by Crippen LogP contribution is 2.46. The van der Waals surface area contributed by atoms with Crippen molar-refractivity contribution in [1.29, 1.82) is 0 Å². The fourth-order valence-corrected chi connectivity index (χ4v) is 4.04. The summed E-state index contributed by atoms with van der Waals surface area (Å²) in [5, 5.41) is 0. The van der Waals surface area contributed by atoms with Gasteiger partial charge in [0.05, 0.1) is 0 Å². The maximum atomic E-state index is 2.44. The molecular weight excluding hydrogens is 314 g/mol. The Morgan fingerprint density at radius 1 is 0.846 bits per heavy atom. The standard InChI is InChI=1S/C25H27N/c1-19-7-11-22(12-8-19)26(23-13-9-20(2)10-14-23)24-15-17-25(3)16-5-4-6-21(25)18-24/h4-16,21H,17-18H2,1-3H3/t21?,25-/m1/s1. The van der Waals surface area contributed by atoms with Crippen LogP contribution in [-0.4, -0.2) is 0 Å². The maximum Gasteiger partial charge on any atom is 0.0458 e. The van der Waals surface area contributed by atoms with Crippen LogP contribution in [0.5, 0.6) is 0 Å². The maximum absolute atomic E-state index is 2.44. The van der Waals surface area contributed by atoms with Crippen LogP contribution in [0.15, 0.2) is 84.6 Å². The quantitative estimate of drug-likeness (QED) is 0.589. The molecule has 0 aromatic heterocycles. The van der Waals surface area contributed by atoms with E-state index in [2.05, 4.69) is 105 Å². The number of hydrogen-bond acceptors (Lipinski definition) is 1. The molecule has 0 amide bonds. The summed E-state index contributed by atoms with van der Waals surface area (Å²) in [6.07, 6.45) is 13.8. The van der Waals surface area contributed by atoms with Gasteiger partial charge in [-0.25, -0.2) is 0 Å². The van der Waals surface area contributed by atoms with Gasteiger partial charge in [0.25, 0.3) is 0 Å². The van der Waals surface area contributed by atoms with Gasteiger partial charge < -0.3 is 4.90 Å². The number of benzene rings is 2. The van der Waals surface area contributed by atoms with Crippen molar-refractivity contribution >= 4 is 11.4 Å². The third-order valence-corrected chi connectivity index (χ3v) is 5.86. The molecule has 2 aromatic carbocycles. The Bertz CT molecular complexity index is 822. The van der Waals surface area contributed by atoms with E-state index < -0.39 is 0 Å². The normalized spacial score (nSPS) is 24.1. The first-order valence-corrected chi connectivity index (χ1v) is 9.54. The lowest BCUT2D eigenvalue weighted by Gasteiger charge is -2.41. The third kappa shape index (κ3) is 3.14. The zero-order chi connectivity index (χ0) is 18.1. The second-order valence-corrected chi connectivity index (χ2v) is 7.97. The summed E-state index contributed by atoms with van der Waals surface area (Å²) in [5.74, 6) is 0.561. The Morgan fingerprint density at radius 2 is 1.42 bits per heavy atom. The summed E-state index contributed by atoms with van der Waals surface area (Å²) in [6, 6.07) is 17.8. The lowest BCUT2D eigenvalue weighted by molar-refractivity contribution is 0.288. The average molecular weight is 341 g/mol. The zero-order valence-corrected chi connectivity index (χ0v) is 15.9. The van der Waals surface area contributed by atoms with E-state index in [0.29, 0.717) is 5.92 Å². The number of allylic oxidation sites excluding steroid dienone is 6. The first-order valence-electron chi connectivity index (χ1n) is 9.54. The molecule has 4 rings (SSSR count). The average Bonchev–Trinajstić information content (AvgIpc) is 2.65. The second-order valence-electron chi connectivity index (χ2n) is 7.97. The van der Waals surface area contributed by atoms with Crippen molar-refractivity contribution in [3.05, 3.63) is 95.7 Å². The molecule has 1 heteroatoms. The molecule has 0 fully saturated rings. The van der Waals surface area contributed by atoms with Gasteiger partial charge in [0.2, 0.25) is 0 Å². The van der Waals surface area contributed by atoms with Gasteiger partial charge in [-0.15, -0.1) is 0 Å². The summed E-state index contributed by atoms with van der Waals surface area (Å²) >= 11 is 0. The molecule has 0 heterocycles. The van der Waals surface area contributed by atoms with Gasteiger partial charge in [0, 0.05) is 17.1 Å². The highest BCUT2D eigenvalue weighted by atomic mass is 15.1. The van der Waals surface area contributed by atoms with Gasteiger partial charge in [-0.2, -0.15) is 0 Å². The molecule has 1 unspecified atom stereocenters. The highest BCUT2D eigenvalue weighted by molar-refractivity contribution is 5.69. The lowest BCUT2D eigenvalue weighted by atomic mass is 9.67. The molecule has 2 aromatic rings. The van der Waals surface area contributed by atoms with Crippen LogP contribution in [0.4, 0.5) is 11.4 Å². The van der Waals surface area contributed by atoms with Crippen molar-refractivity contribution in [2.24, 2.45) is 11.3 Å². The molecule has 2 aliphatic rings. The fourth-order valence-electron chi connectivity index (χ4n) is 4.04. The minimum absolute atomic E-state index is 0.254. The smallest absolute Gasteiger partial charge is 0.0458 e. The predicted octanol–water partition coefficient (Wildman–Crippen LogP) is 6.87. The molecular formula is C25H27N. The Kier molecular flexibility index (Phi) is 4.32. The Hall–Kier alpha value is -2.54. The van der Waals surface area contributed by atoms with Gasteiger partial charge in [-0.3, -0.25) is 0 Å². The molecule has 0 saturated heterocycles. The minimum Gasteiger partial charge on any atom is -0.315 e. The number of fused-ring (bicyclic) bond motifs is 1. The van der Waals surface area contributed by atoms with Gasteiger partial charge in [0.1, 0.15) is 0 Å². The first-order chi connectivity index (χ1) is 12.5. The van der Waals surface area contributed by atoms with Crippen LogP contribution in [0.3, 0.4) is 0 Å². The number of aryl methyl sites for hydroxylation is 2. The van der Waals surface area contributed by atoms with Gasteiger partial charge in [0.15, 0.2) is 0 Å². The number of anilines is 2. The van der Waals surface area contributed by atoms with Crippen molar-refractivity contribution < 1.29 is 0 Å². The highest BCUT2D eigenvalue weighted by Gasteiger charge is 2.35. The van der Waals surface area contributed by atoms with E-state index in [0.717, 1.165) is 12.8 Å². The molecule has 0 saturated carbocycles. The van der Waals surface area contributed by atoms with E-state index in [1.807, 2.05) is 0 Å². The second kappa shape index (κ2) is 6.64. The van der Waals surface area contributed by atoms with Crippen molar-refractivity contribution in [3.63, 3.8) is 0 Å². The predicted molar refractivity (Wildman–Crippen MR) is 112 cm³/mol. The molecule has 0 radical (unpaired) electrons. The van der Waals surface area contributed by atoms with E-state index in [4.69, 9.17) is 0 Å². The zero-order valence-electron chi connectivity index (χ0n) is 15.9. The lowest BCUT2D eigenvalue weighted by Crippen LogP contribution is -2.32. The van der Waals surface area contributed by atoms with Crippen LogP contribution in [0.25, 0.3) is 0 Å². The molecule has 0 spiro atoms. The van der Waals surface area contributed by atoms with Crippen LogP contribution in [0.2, 0.25) is 0 Å². The Morgan fingerprint density at radius 3 is 2.00 bits per heavy atom. The largest absolute Gasteiger partial charge is 0.315 e. The molecule has 2 atom stereocenters. The van der Waals surface area contributed by atoms with E-state index in [9.17, 15) is 0 Å². The van der Waals surface area contributed by atoms with Gasteiger partial charge in [-0.05, 0) is 62.3 Å². The summed E-state index contributed by atoms with van der Waals surface area (Å²) in [6.45, 7) is 6.67. The molecule has 2 aliphatic carbocycles. The van der Waals surface area contributed by atoms with E-state index >= 15 is 0 Å².